The van der Waals surface area contributed by atoms with E-state index in [0.717, 1.165) is 30.4 Å². The van der Waals surface area contributed by atoms with Crippen molar-refractivity contribution in [2.75, 3.05) is 30.9 Å². The molecular formula is C33H46ClN5O6. The molecule has 2 fully saturated rings. The monoisotopic (exact) mass is 643 g/mol. The number of para-hydroxylation sites is 1. The molecule has 4 rings (SSSR count). The maximum Gasteiger partial charge on any atom is 0.328 e. The van der Waals surface area contributed by atoms with Crippen molar-refractivity contribution in [2.24, 2.45) is 5.92 Å². The van der Waals surface area contributed by atoms with Gasteiger partial charge in [0.05, 0.1) is 31.9 Å². The van der Waals surface area contributed by atoms with Gasteiger partial charge in [0.25, 0.3) is 5.91 Å². The summed E-state index contributed by atoms with van der Waals surface area (Å²) in [7, 11) is 1.51. The number of aryl methyl sites for hydroxylation is 1. The van der Waals surface area contributed by atoms with Crippen LogP contribution >= 0.6 is 12.4 Å². The molecule has 2 aromatic carbocycles. The van der Waals surface area contributed by atoms with Gasteiger partial charge in [-0.25, -0.2) is 9.59 Å². The topological polar surface area (TPSA) is 129 Å². The lowest BCUT2D eigenvalue weighted by molar-refractivity contribution is -0.143. The van der Waals surface area contributed by atoms with Gasteiger partial charge in [0.2, 0.25) is 0 Å². The van der Waals surface area contributed by atoms with Crippen LogP contribution in [0.5, 0.6) is 5.75 Å². The second-order valence-electron chi connectivity index (χ2n) is 12.2. The van der Waals surface area contributed by atoms with Crippen LogP contribution in [-0.4, -0.2) is 71.6 Å². The van der Waals surface area contributed by atoms with Gasteiger partial charge < -0.3 is 30.3 Å². The molecule has 45 heavy (non-hydrogen) atoms. The molecule has 246 valence electrons. The maximum atomic E-state index is 13.9. The van der Waals surface area contributed by atoms with Crippen molar-refractivity contribution in [2.45, 2.75) is 84.5 Å². The third-order valence-corrected chi connectivity index (χ3v) is 8.25. The summed E-state index contributed by atoms with van der Waals surface area (Å²) in [6, 6.07) is 11.5. The SMILES string of the molecule is CCOC(=O)C[C@@H](C)NC[C@H](CC1CC1)N1C(=O)N(Cc2ccc(NC(=O)Nc3ccccc3C)c(OC)c2)C(C)(C)C1=O.Cl. The first kappa shape index (κ1) is 35.6. The van der Waals surface area contributed by atoms with Gasteiger partial charge in [-0.3, -0.25) is 14.5 Å². The number of rotatable bonds is 14. The molecule has 1 aliphatic heterocycles. The van der Waals surface area contributed by atoms with E-state index in [4.69, 9.17) is 9.47 Å². The zero-order valence-electron chi connectivity index (χ0n) is 27.0. The van der Waals surface area contributed by atoms with Crippen molar-refractivity contribution in [3.63, 3.8) is 0 Å². The van der Waals surface area contributed by atoms with Gasteiger partial charge >= 0.3 is 18.0 Å². The van der Waals surface area contributed by atoms with Crippen LogP contribution in [0.2, 0.25) is 0 Å². The maximum absolute atomic E-state index is 13.9. The molecule has 0 unspecified atom stereocenters. The fraction of sp³-hybridized carbons (Fsp3) is 0.515. The van der Waals surface area contributed by atoms with Crippen LogP contribution in [0.4, 0.5) is 21.0 Å². The molecule has 0 spiro atoms. The molecule has 1 heterocycles. The molecule has 0 radical (unpaired) electrons. The summed E-state index contributed by atoms with van der Waals surface area (Å²) in [4.78, 5) is 55.2. The Morgan fingerprint density at radius 2 is 1.76 bits per heavy atom. The lowest BCUT2D eigenvalue weighted by atomic mass is 10.0. The Kier molecular flexibility index (Phi) is 12.2. The highest BCUT2D eigenvalue weighted by Gasteiger charge is 2.53. The number of hydrogen-bond acceptors (Lipinski definition) is 7. The number of hydrogen-bond donors (Lipinski definition) is 3. The largest absolute Gasteiger partial charge is 0.495 e. The van der Waals surface area contributed by atoms with Crippen LogP contribution in [0.3, 0.4) is 0 Å². The molecule has 5 amide bonds. The standard InChI is InChI=1S/C33H45N5O6.ClH/c1-7-44-29(39)16-22(3)34-19-25(17-23-12-13-23)38-30(40)33(4,5)37(32(38)42)20-24-14-15-27(28(18-24)43-6)36-31(41)35-26-11-9-8-10-21(26)2;/h8-11,14-15,18,22-23,25,34H,7,12-13,16-17,19-20H2,1-6H3,(H2,35,36,41);1H/t22-,25+;/m1./s1. The normalized spacial score (nSPS) is 16.9. The third kappa shape index (κ3) is 8.88. The summed E-state index contributed by atoms with van der Waals surface area (Å²) < 4.78 is 10.6. The first-order chi connectivity index (χ1) is 20.9. The predicted octanol–water partition coefficient (Wildman–Crippen LogP) is 5.71. The molecule has 2 atom stereocenters. The molecule has 2 aliphatic rings. The quantitative estimate of drug-likeness (QED) is 0.178. The van der Waals surface area contributed by atoms with Gasteiger partial charge in [0, 0.05) is 24.8 Å². The van der Waals surface area contributed by atoms with E-state index in [1.807, 2.05) is 44.2 Å². The minimum atomic E-state index is -1.06. The first-order valence-corrected chi connectivity index (χ1v) is 15.3. The van der Waals surface area contributed by atoms with Crippen LogP contribution in [0, 0.1) is 12.8 Å². The van der Waals surface area contributed by atoms with Crippen molar-refractivity contribution in [3.05, 3.63) is 53.6 Å². The molecular weight excluding hydrogens is 598 g/mol. The number of ether oxygens (including phenoxy) is 2. The highest BCUT2D eigenvalue weighted by molar-refractivity contribution is 6.07. The fourth-order valence-electron chi connectivity index (χ4n) is 5.46. The van der Waals surface area contributed by atoms with E-state index < -0.39 is 11.6 Å². The number of anilines is 2. The highest BCUT2D eigenvalue weighted by atomic mass is 35.5. The second kappa shape index (κ2) is 15.4. The van der Waals surface area contributed by atoms with E-state index in [-0.39, 0.29) is 55.4 Å². The highest BCUT2D eigenvalue weighted by Crippen LogP contribution is 2.38. The summed E-state index contributed by atoms with van der Waals surface area (Å²) >= 11 is 0. The summed E-state index contributed by atoms with van der Waals surface area (Å²) in [6.07, 6.45) is 3.10. The van der Waals surface area contributed by atoms with Gasteiger partial charge in [0.1, 0.15) is 11.3 Å². The van der Waals surface area contributed by atoms with Gasteiger partial charge in [0.15, 0.2) is 0 Å². The minimum absolute atomic E-state index is 0. The van der Waals surface area contributed by atoms with Gasteiger partial charge in [-0.1, -0.05) is 37.1 Å². The Morgan fingerprint density at radius 3 is 2.40 bits per heavy atom. The van der Waals surface area contributed by atoms with Crippen molar-refractivity contribution >= 4 is 47.7 Å². The number of imide groups is 1. The number of esters is 1. The number of nitrogens with zero attached hydrogens (tertiary/aromatic N) is 2. The fourth-order valence-corrected chi connectivity index (χ4v) is 5.46. The molecule has 0 bridgehead atoms. The summed E-state index contributed by atoms with van der Waals surface area (Å²) in [5, 5.41) is 9.01. The smallest absolute Gasteiger partial charge is 0.328 e. The number of halogens is 1. The van der Waals surface area contributed by atoms with E-state index >= 15 is 0 Å². The second-order valence-corrected chi connectivity index (χ2v) is 12.2. The van der Waals surface area contributed by atoms with Crippen LogP contribution in [0.1, 0.15) is 64.5 Å². The number of urea groups is 2. The molecule has 1 saturated heterocycles. The number of methoxy groups -OCH3 is 1. The number of nitrogens with one attached hydrogen (secondary N) is 3. The Labute approximate surface area is 271 Å². The average molecular weight is 644 g/mol. The molecule has 1 aliphatic carbocycles. The number of amides is 5. The van der Waals surface area contributed by atoms with Crippen molar-refractivity contribution in [3.8, 4) is 5.75 Å². The van der Waals surface area contributed by atoms with E-state index in [1.165, 1.54) is 12.0 Å². The van der Waals surface area contributed by atoms with Crippen molar-refractivity contribution in [1.29, 1.82) is 0 Å². The molecule has 12 heteroatoms. The first-order valence-electron chi connectivity index (χ1n) is 15.3. The number of carbonyl (C=O) groups is 4. The Balaban J connectivity index is 0.00000552. The lowest BCUT2D eigenvalue weighted by Gasteiger charge is -2.28. The number of carbonyl (C=O) groups excluding carboxylic acids is 4. The molecule has 3 N–H and O–H groups in total. The van der Waals surface area contributed by atoms with Crippen LogP contribution in [-0.2, 0) is 20.9 Å². The lowest BCUT2D eigenvalue weighted by Crippen LogP contribution is -2.49. The van der Waals surface area contributed by atoms with Crippen LogP contribution in [0.25, 0.3) is 0 Å². The molecule has 1 saturated carbocycles. The molecule has 2 aromatic rings. The Hall–Kier alpha value is -3.83. The zero-order valence-corrected chi connectivity index (χ0v) is 27.8. The number of benzene rings is 2. The zero-order chi connectivity index (χ0) is 32.0. The minimum Gasteiger partial charge on any atom is -0.495 e. The summed E-state index contributed by atoms with van der Waals surface area (Å²) in [5.41, 5.74) is 1.80. The van der Waals surface area contributed by atoms with E-state index in [0.29, 0.717) is 36.2 Å². The summed E-state index contributed by atoms with van der Waals surface area (Å²) in [6.45, 7) is 10.0. The van der Waals surface area contributed by atoms with Gasteiger partial charge in [-0.2, -0.15) is 0 Å². The van der Waals surface area contributed by atoms with Crippen LogP contribution in [0.15, 0.2) is 42.5 Å². The third-order valence-electron chi connectivity index (χ3n) is 8.25. The Morgan fingerprint density at radius 1 is 1.07 bits per heavy atom. The predicted molar refractivity (Wildman–Crippen MR) is 176 cm³/mol. The van der Waals surface area contributed by atoms with E-state index in [9.17, 15) is 19.2 Å². The molecule has 11 nitrogen and oxygen atoms in total. The molecule has 0 aromatic heterocycles. The van der Waals surface area contributed by atoms with E-state index in [2.05, 4.69) is 16.0 Å². The van der Waals surface area contributed by atoms with Crippen molar-refractivity contribution in [1.82, 2.24) is 15.1 Å². The van der Waals surface area contributed by atoms with Crippen LogP contribution < -0.4 is 20.7 Å². The average Bonchev–Trinajstić information content (AvgIpc) is 3.77. The van der Waals surface area contributed by atoms with Crippen molar-refractivity contribution < 1.29 is 28.7 Å². The Bertz CT molecular complexity index is 1380. The van der Waals surface area contributed by atoms with E-state index in [1.54, 1.807) is 37.8 Å². The van der Waals surface area contributed by atoms with Gasteiger partial charge in [-0.05, 0) is 76.3 Å². The summed E-state index contributed by atoms with van der Waals surface area (Å²) in [5.74, 6) is 0.385. The van der Waals surface area contributed by atoms with Gasteiger partial charge in [-0.15, -0.1) is 12.4 Å².